The topological polar surface area (TPSA) is 15.3 Å². The predicted octanol–water partition coefficient (Wildman–Crippen LogP) is 3.37. The van der Waals surface area contributed by atoms with Gasteiger partial charge in [-0.1, -0.05) is 19.3 Å². The Kier molecular flexibility index (Phi) is 6.04. The van der Waals surface area contributed by atoms with Crippen LogP contribution < -0.4 is 5.32 Å². The highest BCUT2D eigenvalue weighted by Gasteiger charge is 2.32. The Morgan fingerprint density at radius 2 is 1.84 bits per heavy atom. The second-order valence-electron chi connectivity index (χ2n) is 6.76. The van der Waals surface area contributed by atoms with Gasteiger partial charge in [0, 0.05) is 17.3 Å². The molecule has 1 aliphatic carbocycles. The molecule has 0 bridgehead atoms. The highest BCUT2D eigenvalue weighted by molar-refractivity contribution is 8.00. The molecule has 1 saturated carbocycles. The fourth-order valence-corrected chi connectivity index (χ4v) is 4.62. The van der Waals surface area contributed by atoms with E-state index in [1.54, 1.807) is 0 Å². The minimum Gasteiger partial charge on any atom is -0.313 e. The SMILES string of the molecule is CSC1(CNC(C)C2CCN(C)CC2)CCCCC1. The summed E-state index contributed by atoms with van der Waals surface area (Å²) in [7, 11) is 2.25. The van der Waals surface area contributed by atoms with Gasteiger partial charge < -0.3 is 10.2 Å². The summed E-state index contributed by atoms with van der Waals surface area (Å²) in [4.78, 5) is 2.47. The van der Waals surface area contributed by atoms with Crippen LogP contribution >= 0.6 is 11.8 Å². The summed E-state index contributed by atoms with van der Waals surface area (Å²) >= 11 is 2.11. The largest absolute Gasteiger partial charge is 0.313 e. The second kappa shape index (κ2) is 7.33. The molecule has 1 aliphatic heterocycles. The van der Waals surface area contributed by atoms with Gasteiger partial charge in [-0.25, -0.2) is 0 Å². The zero-order chi connectivity index (χ0) is 13.7. The molecule has 0 spiro atoms. The van der Waals surface area contributed by atoms with Crippen molar-refractivity contribution in [3.05, 3.63) is 0 Å². The maximum atomic E-state index is 3.89. The molecule has 3 heteroatoms. The van der Waals surface area contributed by atoms with Gasteiger partial charge in [-0.3, -0.25) is 0 Å². The smallest absolute Gasteiger partial charge is 0.0281 e. The van der Waals surface area contributed by atoms with E-state index in [4.69, 9.17) is 0 Å². The van der Waals surface area contributed by atoms with Crippen molar-refractivity contribution in [2.75, 3.05) is 32.9 Å². The molecule has 0 aromatic heterocycles. The third-order valence-corrected chi connectivity index (χ3v) is 6.83. The fraction of sp³-hybridized carbons (Fsp3) is 1.00. The maximum absolute atomic E-state index is 3.89. The number of hydrogen-bond donors (Lipinski definition) is 1. The maximum Gasteiger partial charge on any atom is 0.0281 e. The fourth-order valence-electron chi connectivity index (χ4n) is 3.69. The first-order valence-electron chi connectivity index (χ1n) is 8.12. The van der Waals surface area contributed by atoms with Crippen molar-refractivity contribution in [2.45, 2.75) is 62.7 Å². The zero-order valence-corrected chi connectivity index (χ0v) is 13.9. The minimum absolute atomic E-state index is 0.540. The molecule has 2 nitrogen and oxygen atoms in total. The second-order valence-corrected chi connectivity index (χ2v) is 8.03. The van der Waals surface area contributed by atoms with Crippen LogP contribution in [0, 0.1) is 5.92 Å². The minimum atomic E-state index is 0.540. The van der Waals surface area contributed by atoms with Gasteiger partial charge in [0.05, 0.1) is 0 Å². The van der Waals surface area contributed by atoms with E-state index in [1.165, 1.54) is 64.6 Å². The van der Waals surface area contributed by atoms with Crippen LogP contribution in [0.3, 0.4) is 0 Å². The molecule has 2 fully saturated rings. The number of thioether (sulfide) groups is 1. The van der Waals surface area contributed by atoms with Crippen LogP contribution in [0.1, 0.15) is 51.9 Å². The number of piperidine rings is 1. The summed E-state index contributed by atoms with van der Waals surface area (Å²) in [6, 6.07) is 0.694. The van der Waals surface area contributed by atoms with Crippen molar-refractivity contribution in [2.24, 2.45) is 5.92 Å². The van der Waals surface area contributed by atoms with Crippen LogP contribution in [0.5, 0.6) is 0 Å². The lowest BCUT2D eigenvalue weighted by Crippen LogP contribution is -2.47. The molecule has 19 heavy (non-hydrogen) atoms. The molecule has 0 radical (unpaired) electrons. The third kappa shape index (κ3) is 4.37. The number of hydrogen-bond acceptors (Lipinski definition) is 3. The van der Waals surface area contributed by atoms with E-state index in [2.05, 4.69) is 42.2 Å². The summed E-state index contributed by atoms with van der Waals surface area (Å²) in [5.74, 6) is 0.888. The highest BCUT2D eigenvalue weighted by atomic mass is 32.2. The lowest BCUT2D eigenvalue weighted by Gasteiger charge is -2.39. The van der Waals surface area contributed by atoms with Gasteiger partial charge >= 0.3 is 0 Å². The Bertz CT molecular complexity index is 255. The van der Waals surface area contributed by atoms with Crippen molar-refractivity contribution in [3.63, 3.8) is 0 Å². The number of nitrogens with one attached hydrogen (secondary N) is 1. The van der Waals surface area contributed by atoms with Gasteiger partial charge in [-0.15, -0.1) is 0 Å². The predicted molar refractivity (Wildman–Crippen MR) is 87.0 cm³/mol. The Morgan fingerprint density at radius 1 is 1.21 bits per heavy atom. The average Bonchev–Trinajstić information content (AvgIpc) is 2.46. The highest BCUT2D eigenvalue weighted by Crippen LogP contribution is 2.38. The normalized spacial score (nSPS) is 27.3. The number of likely N-dealkylation sites (tertiary alicyclic amines) is 1. The third-order valence-electron chi connectivity index (χ3n) is 5.41. The molecule has 2 rings (SSSR count). The van der Waals surface area contributed by atoms with Crippen molar-refractivity contribution in [1.29, 1.82) is 0 Å². The summed E-state index contributed by atoms with van der Waals surface area (Å²) in [5.41, 5.74) is 0. The molecule has 0 aromatic carbocycles. The van der Waals surface area contributed by atoms with Gasteiger partial charge in [-0.2, -0.15) is 11.8 Å². The standard InChI is InChI=1S/C16H32N2S/c1-14(15-7-11-18(2)12-8-15)17-13-16(19-3)9-5-4-6-10-16/h14-15,17H,4-13H2,1-3H3. The van der Waals surface area contributed by atoms with Crippen molar-refractivity contribution in [3.8, 4) is 0 Å². The van der Waals surface area contributed by atoms with Crippen LogP contribution in [0.25, 0.3) is 0 Å². The van der Waals surface area contributed by atoms with Crippen LogP contribution in [0.4, 0.5) is 0 Å². The van der Waals surface area contributed by atoms with E-state index in [-0.39, 0.29) is 0 Å². The molecule has 1 atom stereocenters. The molecule has 112 valence electrons. The van der Waals surface area contributed by atoms with Gasteiger partial charge in [0.15, 0.2) is 0 Å². The number of nitrogens with zero attached hydrogens (tertiary/aromatic N) is 1. The first-order chi connectivity index (χ1) is 9.15. The molecule has 0 aromatic rings. The Hall–Kier alpha value is 0.270. The number of rotatable bonds is 5. The lowest BCUT2D eigenvalue weighted by atomic mass is 9.86. The summed E-state index contributed by atoms with van der Waals surface area (Å²) in [6.07, 6.45) is 12.2. The van der Waals surface area contributed by atoms with Gasteiger partial charge in [0.25, 0.3) is 0 Å². The Morgan fingerprint density at radius 3 is 2.42 bits per heavy atom. The van der Waals surface area contributed by atoms with E-state index in [9.17, 15) is 0 Å². The molecule has 1 saturated heterocycles. The molecule has 0 amide bonds. The van der Waals surface area contributed by atoms with Gasteiger partial charge in [0.1, 0.15) is 0 Å². The van der Waals surface area contributed by atoms with Crippen LogP contribution in [-0.4, -0.2) is 48.6 Å². The molecular weight excluding hydrogens is 252 g/mol. The van der Waals surface area contributed by atoms with Crippen LogP contribution in [0.15, 0.2) is 0 Å². The van der Waals surface area contributed by atoms with Crippen molar-refractivity contribution in [1.82, 2.24) is 10.2 Å². The van der Waals surface area contributed by atoms with Gasteiger partial charge in [-0.05, 0) is 64.9 Å². The van der Waals surface area contributed by atoms with E-state index < -0.39 is 0 Å². The first kappa shape index (κ1) is 15.7. The molecular formula is C16H32N2S. The van der Waals surface area contributed by atoms with E-state index in [1.807, 2.05) is 0 Å². The summed E-state index contributed by atoms with van der Waals surface area (Å²) < 4.78 is 0.540. The Balaban J connectivity index is 1.77. The van der Waals surface area contributed by atoms with E-state index in [0.29, 0.717) is 10.8 Å². The Labute approximate surface area is 124 Å². The molecule has 1 N–H and O–H groups in total. The molecule has 1 unspecified atom stereocenters. The quantitative estimate of drug-likeness (QED) is 0.833. The molecule has 2 aliphatic rings. The van der Waals surface area contributed by atoms with Gasteiger partial charge in [0.2, 0.25) is 0 Å². The van der Waals surface area contributed by atoms with Crippen LogP contribution in [-0.2, 0) is 0 Å². The molecule has 1 heterocycles. The summed E-state index contributed by atoms with van der Waals surface area (Å²) in [5, 5.41) is 3.89. The van der Waals surface area contributed by atoms with Crippen molar-refractivity contribution >= 4 is 11.8 Å². The first-order valence-corrected chi connectivity index (χ1v) is 9.35. The summed E-state index contributed by atoms with van der Waals surface area (Å²) in [6.45, 7) is 6.20. The van der Waals surface area contributed by atoms with Crippen molar-refractivity contribution < 1.29 is 0 Å². The van der Waals surface area contributed by atoms with E-state index >= 15 is 0 Å². The van der Waals surface area contributed by atoms with E-state index in [0.717, 1.165) is 5.92 Å². The monoisotopic (exact) mass is 284 g/mol. The lowest BCUT2D eigenvalue weighted by molar-refractivity contribution is 0.187. The van der Waals surface area contributed by atoms with Crippen LogP contribution in [0.2, 0.25) is 0 Å². The zero-order valence-electron chi connectivity index (χ0n) is 13.1. The average molecular weight is 285 g/mol.